The molecule has 126 valence electrons. The van der Waals surface area contributed by atoms with Crippen LogP contribution in [0.1, 0.15) is 56.1 Å². The summed E-state index contributed by atoms with van der Waals surface area (Å²) in [7, 11) is -3.33. The minimum absolute atomic E-state index is 0.154. The smallest absolute Gasteiger partial charge is 0.244 e. The van der Waals surface area contributed by atoms with E-state index in [0.29, 0.717) is 30.1 Å². The van der Waals surface area contributed by atoms with Crippen LogP contribution in [0.25, 0.3) is 0 Å². The van der Waals surface area contributed by atoms with E-state index in [0.717, 1.165) is 5.56 Å². The van der Waals surface area contributed by atoms with Gasteiger partial charge in [0.15, 0.2) is 15.7 Å². The molecule has 0 fully saturated rings. The predicted molar refractivity (Wildman–Crippen MR) is 90.3 cm³/mol. The minimum atomic E-state index is -3.33. The van der Waals surface area contributed by atoms with Gasteiger partial charge in [0.1, 0.15) is 5.25 Å². The lowest BCUT2D eigenvalue weighted by Gasteiger charge is -2.16. The molecule has 23 heavy (non-hydrogen) atoms. The number of hydrogen-bond acceptors (Lipinski definition) is 5. The molecule has 7 heteroatoms. The Morgan fingerprint density at radius 1 is 1.17 bits per heavy atom. The van der Waals surface area contributed by atoms with E-state index in [2.05, 4.69) is 10.1 Å². The largest absolute Gasteiger partial charge is 0.338 e. The third kappa shape index (κ3) is 4.12. The second-order valence-corrected chi connectivity index (χ2v) is 8.51. The molecule has 0 radical (unpaired) electrons. The van der Waals surface area contributed by atoms with Crippen molar-refractivity contribution in [1.82, 2.24) is 10.1 Å². The SMILES string of the molecule is CCC(CC)S(=O)(=O)C(C)c1nc(Cc2ccc(Cl)cc2)no1. The third-order valence-electron chi connectivity index (χ3n) is 3.98. The van der Waals surface area contributed by atoms with Crippen LogP contribution in [0.15, 0.2) is 28.8 Å². The van der Waals surface area contributed by atoms with E-state index in [4.69, 9.17) is 16.1 Å². The molecule has 0 aliphatic rings. The fourth-order valence-electron chi connectivity index (χ4n) is 2.47. The third-order valence-corrected chi connectivity index (χ3v) is 7.01. The van der Waals surface area contributed by atoms with Crippen molar-refractivity contribution in [1.29, 1.82) is 0 Å². The van der Waals surface area contributed by atoms with E-state index >= 15 is 0 Å². The average Bonchev–Trinajstić information content (AvgIpc) is 2.98. The number of halogens is 1. The summed E-state index contributed by atoms with van der Waals surface area (Å²) in [5.74, 6) is 0.620. The maximum atomic E-state index is 12.6. The van der Waals surface area contributed by atoms with Gasteiger partial charge in [0.25, 0.3) is 0 Å². The van der Waals surface area contributed by atoms with E-state index in [-0.39, 0.29) is 11.1 Å². The van der Waals surface area contributed by atoms with Crippen molar-refractivity contribution in [2.75, 3.05) is 0 Å². The van der Waals surface area contributed by atoms with Crippen LogP contribution in [-0.4, -0.2) is 23.8 Å². The van der Waals surface area contributed by atoms with Crippen molar-refractivity contribution in [2.45, 2.75) is 50.5 Å². The monoisotopic (exact) mass is 356 g/mol. The molecule has 1 aromatic heterocycles. The summed E-state index contributed by atoms with van der Waals surface area (Å²) < 4.78 is 30.3. The molecular weight excluding hydrogens is 336 g/mol. The Kier molecular flexibility index (Phi) is 5.81. The lowest BCUT2D eigenvalue weighted by molar-refractivity contribution is 0.371. The zero-order chi connectivity index (χ0) is 17.0. The van der Waals surface area contributed by atoms with Crippen LogP contribution < -0.4 is 0 Å². The molecule has 0 N–H and O–H groups in total. The molecule has 0 saturated heterocycles. The molecule has 0 aliphatic heterocycles. The summed E-state index contributed by atoms with van der Waals surface area (Å²) in [5, 5.41) is 3.38. The number of benzene rings is 1. The van der Waals surface area contributed by atoms with Gasteiger partial charge in [-0.25, -0.2) is 8.42 Å². The van der Waals surface area contributed by atoms with Crippen molar-refractivity contribution in [2.24, 2.45) is 0 Å². The van der Waals surface area contributed by atoms with Gasteiger partial charge in [-0.1, -0.05) is 42.7 Å². The molecule has 0 amide bonds. The van der Waals surface area contributed by atoms with Gasteiger partial charge in [-0.15, -0.1) is 0 Å². The molecule has 2 aromatic rings. The van der Waals surface area contributed by atoms with Crippen molar-refractivity contribution in [3.05, 3.63) is 46.6 Å². The van der Waals surface area contributed by atoms with Crippen LogP contribution in [0, 0.1) is 0 Å². The van der Waals surface area contributed by atoms with Crippen molar-refractivity contribution >= 4 is 21.4 Å². The molecule has 0 aliphatic carbocycles. The van der Waals surface area contributed by atoms with Crippen LogP contribution in [-0.2, 0) is 16.3 Å². The number of rotatable bonds is 7. The van der Waals surface area contributed by atoms with E-state index in [9.17, 15) is 8.42 Å². The Balaban J connectivity index is 2.16. The second-order valence-electron chi connectivity index (χ2n) is 5.52. The Hall–Kier alpha value is -1.40. The van der Waals surface area contributed by atoms with Gasteiger partial charge in [0.05, 0.1) is 5.25 Å². The highest BCUT2D eigenvalue weighted by atomic mass is 35.5. The minimum Gasteiger partial charge on any atom is -0.338 e. The van der Waals surface area contributed by atoms with Gasteiger partial charge in [-0.3, -0.25) is 0 Å². The molecule has 2 rings (SSSR count). The quantitative estimate of drug-likeness (QED) is 0.750. The number of hydrogen-bond donors (Lipinski definition) is 0. The number of nitrogens with zero attached hydrogens (tertiary/aromatic N) is 2. The Morgan fingerprint density at radius 3 is 2.35 bits per heavy atom. The van der Waals surface area contributed by atoms with Crippen LogP contribution in [0.3, 0.4) is 0 Å². The Morgan fingerprint density at radius 2 is 1.78 bits per heavy atom. The molecule has 1 unspecified atom stereocenters. The molecule has 1 aromatic carbocycles. The van der Waals surface area contributed by atoms with E-state index in [1.165, 1.54) is 0 Å². The van der Waals surface area contributed by atoms with Crippen LogP contribution in [0.2, 0.25) is 5.02 Å². The summed E-state index contributed by atoms with van der Waals surface area (Å²) in [5.41, 5.74) is 0.984. The Bertz CT molecular complexity index is 737. The zero-order valence-electron chi connectivity index (χ0n) is 13.5. The van der Waals surface area contributed by atoms with Crippen molar-refractivity contribution < 1.29 is 12.9 Å². The summed E-state index contributed by atoms with van der Waals surface area (Å²) in [4.78, 5) is 4.26. The molecule has 1 heterocycles. The van der Waals surface area contributed by atoms with Crippen LogP contribution >= 0.6 is 11.6 Å². The average molecular weight is 357 g/mol. The summed E-state index contributed by atoms with van der Waals surface area (Å²) in [6, 6.07) is 7.33. The summed E-state index contributed by atoms with van der Waals surface area (Å²) in [6.07, 6.45) is 1.63. The molecule has 0 spiro atoms. The summed E-state index contributed by atoms with van der Waals surface area (Å²) >= 11 is 5.85. The Labute approximate surface area is 142 Å². The van der Waals surface area contributed by atoms with Crippen molar-refractivity contribution in [3.63, 3.8) is 0 Å². The maximum absolute atomic E-state index is 12.6. The fraction of sp³-hybridized carbons (Fsp3) is 0.500. The first-order valence-electron chi connectivity index (χ1n) is 7.68. The molecular formula is C16H21ClN2O3S. The first kappa shape index (κ1) is 17.9. The van der Waals surface area contributed by atoms with E-state index in [1.54, 1.807) is 19.1 Å². The standard InChI is InChI=1S/C16H21ClN2O3S/c1-4-14(5-2)23(20,21)11(3)16-18-15(19-22-16)10-12-6-8-13(17)9-7-12/h6-9,11,14H,4-5,10H2,1-3H3. The molecule has 0 bridgehead atoms. The van der Waals surface area contributed by atoms with E-state index in [1.807, 2.05) is 26.0 Å². The van der Waals surface area contributed by atoms with Crippen LogP contribution in [0.4, 0.5) is 0 Å². The first-order valence-corrected chi connectivity index (χ1v) is 9.66. The first-order chi connectivity index (χ1) is 10.9. The highest BCUT2D eigenvalue weighted by molar-refractivity contribution is 7.92. The van der Waals surface area contributed by atoms with E-state index < -0.39 is 15.1 Å². The van der Waals surface area contributed by atoms with Gasteiger partial charge < -0.3 is 4.52 Å². The second kappa shape index (κ2) is 7.45. The number of sulfone groups is 1. The van der Waals surface area contributed by atoms with Crippen LogP contribution in [0.5, 0.6) is 0 Å². The lowest BCUT2D eigenvalue weighted by atomic mass is 10.1. The van der Waals surface area contributed by atoms with Gasteiger partial charge in [0, 0.05) is 11.4 Å². The molecule has 5 nitrogen and oxygen atoms in total. The van der Waals surface area contributed by atoms with Gasteiger partial charge in [0.2, 0.25) is 5.89 Å². The number of aromatic nitrogens is 2. The predicted octanol–water partition coefficient (Wildman–Crippen LogP) is 3.98. The molecule has 1 atom stereocenters. The van der Waals surface area contributed by atoms with Gasteiger partial charge in [-0.2, -0.15) is 4.98 Å². The summed E-state index contributed by atoms with van der Waals surface area (Å²) in [6.45, 7) is 5.35. The zero-order valence-corrected chi connectivity index (χ0v) is 15.1. The topological polar surface area (TPSA) is 73.1 Å². The molecule has 0 saturated carbocycles. The fourth-order valence-corrected chi connectivity index (χ4v) is 4.48. The van der Waals surface area contributed by atoms with Crippen molar-refractivity contribution in [3.8, 4) is 0 Å². The van der Waals surface area contributed by atoms with Gasteiger partial charge >= 0.3 is 0 Å². The normalized spacial score (nSPS) is 13.4. The maximum Gasteiger partial charge on any atom is 0.244 e. The lowest BCUT2D eigenvalue weighted by Crippen LogP contribution is -2.24. The van der Waals surface area contributed by atoms with Gasteiger partial charge in [-0.05, 0) is 37.5 Å². The highest BCUT2D eigenvalue weighted by Gasteiger charge is 2.33. The highest BCUT2D eigenvalue weighted by Crippen LogP contribution is 2.27.